The maximum atomic E-state index is 4.76. The van der Waals surface area contributed by atoms with E-state index in [4.69, 9.17) is 4.99 Å². The molecule has 2 N–H and O–H groups in total. The van der Waals surface area contributed by atoms with Crippen LogP contribution in [0.2, 0.25) is 0 Å². The topological polar surface area (TPSA) is 36.4 Å². The molecule has 0 heterocycles. The maximum absolute atomic E-state index is 4.76. The number of halogens is 1. The van der Waals surface area contributed by atoms with Gasteiger partial charge in [0.25, 0.3) is 0 Å². The summed E-state index contributed by atoms with van der Waals surface area (Å²) in [6.45, 7) is 0.760. The molecule has 0 spiro atoms. The van der Waals surface area contributed by atoms with E-state index >= 15 is 0 Å². The van der Waals surface area contributed by atoms with E-state index in [0.29, 0.717) is 12.1 Å². The fraction of sp³-hybridized carbons (Fsp3) is 0.588. The highest BCUT2D eigenvalue weighted by Crippen LogP contribution is 2.20. The molecular weight excluding hydrogens is 373 g/mol. The Labute approximate surface area is 145 Å². The Balaban J connectivity index is 0.00000161. The normalized spacial score (nSPS) is 19.7. The van der Waals surface area contributed by atoms with Crippen molar-refractivity contribution in [1.29, 1.82) is 0 Å². The molecule has 3 rings (SSSR count). The van der Waals surface area contributed by atoms with Crippen LogP contribution in [0.25, 0.3) is 0 Å². The number of nitrogens with one attached hydrogen (secondary N) is 2. The first-order valence-electron chi connectivity index (χ1n) is 8.01. The first kappa shape index (κ1) is 16.6. The Morgan fingerprint density at radius 2 is 1.52 bits per heavy atom. The van der Waals surface area contributed by atoms with Gasteiger partial charge in [-0.3, -0.25) is 0 Å². The Bertz CT molecular complexity index is 437. The zero-order chi connectivity index (χ0) is 13.6. The molecule has 2 saturated carbocycles. The zero-order valence-electron chi connectivity index (χ0n) is 12.6. The van der Waals surface area contributed by atoms with E-state index in [1.165, 1.54) is 50.5 Å². The van der Waals surface area contributed by atoms with Crippen LogP contribution in [0, 0.1) is 0 Å². The second-order valence-electron chi connectivity index (χ2n) is 6.05. The van der Waals surface area contributed by atoms with E-state index in [9.17, 15) is 0 Å². The molecule has 2 aliphatic carbocycles. The second-order valence-corrected chi connectivity index (χ2v) is 6.05. The molecule has 0 saturated heterocycles. The van der Waals surface area contributed by atoms with E-state index in [1.54, 1.807) is 0 Å². The third kappa shape index (κ3) is 5.85. The summed E-state index contributed by atoms with van der Waals surface area (Å²) in [4.78, 5) is 4.76. The van der Waals surface area contributed by atoms with Crippen LogP contribution in [0.15, 0.2) is 35.3 Å². The van der Waals surface area contributed by atoms with Gasteiger partial charge in [0.2, 0.25) is 0 Å². The SMILES string of the molecule is I.c1ccc(CN=C(NC2CCCCC2)NC2CC2)cc1. The lowest BCUT2D eigenvalue weighted by Crippen LogP contribution is -2.45. The van der Waals surface area contributed by atoms with Crippen LogP contribution in [0.4, 0.5) is 0 Å². The third-order valence-electron chi connectivity index (χ3n) is 4.13. The van der Waals surface area contributed by atoms with Gasteiger partial charge in [0.05, 0.1) is 6.54 Å². The number of nitrogens with zero attached hydrogens (tertiary/aromatic N) is 1. The van der Waals surface area contributed by atoms with E-state index in [2.05, 4.69) is 41.0 Å². The van der Waals surface area contributed by atoms with Crippen LogP contribution in [-0.2, 0) is 6.54 Å². The minimum atomic E-state index is 0. The Morgan fingerprint density at radius 1 is 0.905 bits per heavy atom. The molecule has 0 aliphatic heterocycles. The summed E-state index contributed by atoms with van der Waals surface area (Å²) < 4.78 is 0. The molecule has 2 aliphatic rings. The number of guanidine groups is 1. The van der Waals surface area contributed by atoms with Crippen LogP contribution >= 0.6 is 24.0 Å². The first-order chi connectivity index (χ1) is 9.90. The molecule has 4 heteroatoms. The van der Waals surface area contributed by atoms with Crippen LogP contribution in [0.5, 0.6) is 0 Å². The van der Waals surface area contributed by atoms with Crippen molar-refractivity contribution in [2.45, 2.75) is 63.6 Å². The Morgan fingerprint density at radius 3 is 2.14 bits per heavy atom. The number of aliphatic imine (C=N–C) groups is 1. The van der Waals surface area contributed by atoms with E-state index in [0.717, 1.165) is 12.5 Å². The van der Waals surface area contributed by atoms with E-state index < -0.39 is 0 Å². The van der Waals surface area contributed by atoms with Gasteiger partial charge < -0.3 is 10.6 Å². The Kier molecular flexibility index (Phi) is 6.80. The minimum absolute atomic E-state index is 0. The van der Waals surface area contributed by atoms with E-state index in [1.807, 2.05) is 0 Å². The molecule has 1 aromatic rings. The molecule has 1 aromatic carbocycles. The van der Waals surface area contributed by atoms with Crippen LogP contribution in [-0.4, -0.2) is 18.0 Å². The van der Waals surface area contributed by atoms with Gasteiger partial charge in [-0.2, -0.15) is 0 Å². The standard InChI is InChI=1S/C17H25N3.HI/c1-3-7-14(8-4-1)13-18-17(20-16-11-12-16)19-15-9-5-2-6-10-15;/h1,3-4,7-8,15-16H,2,5-6,9-13H2,(H2,18,19,20);1H. The van der Waals surface area contributed by atoms with Crippen molar-refractivity contribution in [2.24, 2.45) is 4.99 Å². The number of rotatable bonds is 4. The molecule has 21 heavy (non-hydrogen) atoms. The summed E-state index contributed by atoms with van der Waals surface area (Å²) in [5.41, 5.74) is 1.27. The highest BCUT2D eigenvalue weighted by atomic mass is 127. The van der Waals surface area contributed by atoms with Crippen LogP contribution in [0.3, 0.4) is 0 Å². The molecule has 116 valence electrons. The second kappa shape index (κ2) is 8.61. The van der Waals surface area contributed by atoms with Gasteiger partial charge in [-0.1, -0.05) is 49.6 Å². The average molecular weight is 399 g/mol. The van der Waals surface area contributed by atoms with Gasteiger partial charge in [0.15, 0.2) is 5.96 Å². The number of hydrogen-bond acceptors (Lipinski definition) is 1. The fourth-order valence-corrected chi connectivity index (χ4v) is 2.75. The van der Waals surface area contributed by atoms with Crippen molar-refractivity contribution in [3.05, 3.63) is 35.9 Å². The summed E-state index contributed by atoms with van der Waals surface area (Å²) in [5.74, 6) is 1.02. The van der Waals surface area contributed by atoms with Crippen molar-refractivity contribution >= 4 is 29.9 Å². The van der Waals surface area contributed by atoms with Crippen molar-refractivity contribution in [3.8, 4) is 0 Å². The molecule has 0 atom stereocenters. The number of hydrogen-bond donors (Lipinski definition) is 2. The molecule has 0 aromatic heterocycles. The van der Waals surface area contributed by atoms with Gasteiger partial charge >= 0.3 is 0 Å². The predicted molar refractivity (Wildman–Crippen MR) is 99.2 cm³/mol. The van der Waals surface area contributed by atoms with Gasteiger partial charge in [0, 0.05) is 12.1 Å². The smallest absolute Gasteiger partial charge is 0.192 e. The van der Waals surface area contributed by atoms with Crippen LogP contribution in [0.1, 0.15) is 50.5 Å². The average Bonchev–Trinajstić information content (AvgIpc) is 3.31. The molecule has 0 bridgehead atoms. The molecule has 0 amide bonds. The quantitative estimate of drug-likeness (QED) is 0.459. The largest absolute Gasteiger partial charge is 0.354 e. The van der Waals surface area contributed by atoms with Crippen molar-refractivity contribution in [2.75, 3.05) is 0 Å². The Hall–Kier alpha value is -0.780. The predicted octanol–water partition coefficient (Wildman–Crippen LogP) is 3.83. The summed E-state index contributed by atoms with van der Waals surface area (Å²) >= 11 is 0. The summed E-state index contributed by atoms with van der Waals surface area (Å²) in [6, 6.07) is 11.8. The third-order valence-corrected chi connectivity index (χ3v) is 4.13. The van der Waals surface area contributed by atoms with Gasteiger partial charge in [-0.05, 0) is 31.2 Å². The molecule has 0 radical (unpaired) electrons. The van der Waals surface area contributed by atoms with Gasteiger partial charge in [-0.15, -0.1) is 24.0 Å². The molecule has 2 fully saturated rings. The lowest BCUT2D eigenvalue weighted by atomic mass is 9.96. The monoisotopic (exact) mass is 399 g/mol. The highest BCUT2D eigenvalue weighted by Gasteiger charge is 2.23. The van der Waals surface area contributed by atoms with Gasteiger partial charge in [-0.25, -0.2) is 4.99 Å². The van der Waals surface area contributed by atoms with Crippen molar-refractivity contribution < 1.29 is 0 Å². The van der Waals surface area contributed by atoms with Crippen molar-refractivity contribution in [3.63, 3.8) is 0 Å². The fourth-order valence-electron chi connectivity index (χ4n) is 2.75. The van der Waals surface area contributed by atoms with Gasteiger partial charge in [0.1, 0.15) is 0 Å². The lowest BCUT2D eigenvalue weighted by Gasteiger charge is -2.25. The first-order valence-corrected chi connectivity index (χ1v) is 8.01. The molecule has 3 nitrogen and oxygen atoms in total. The van der Waals surface area contributed by atoms with Crippen LogP contribution < -0.4 is 10.6 Å². The summed E-state index contributed by atoms with van der Waals surface area (Å²) in [7, 11) is 0. The highest BCUT2D eigenvalue weighted by molar-refractivity contribution is 14.0. The summed E-state index contributed by atoms with van der Waals surface area (Å²) in [5, 5.41) is 7.18. The van der Waals surface area contributed by atoms with Crippen molar-refractivity contribution in [1.82, 2.24) is 10.6 Å². The zero-order valence-corrected chi connectivity index (χ0v) is 14.9. The molecule has 0 unspecified atom stereocenters. The minimum Gasteiger partial charge on any atom is -0.354 e. The lowest BCUT2D eigenvalue weighted by molar-refractivity contribution is 0.409. The molecular formula is C17H26IN3. The number of benzene rings is 1. The van der Waals surface area contributed by atoms with E-state index in [-0.39, 0.29) is 24.0 Å². The maximum Gasteiger partial charge on any atom is 0.192 e. The summed E-state index contributed by atoms with van der Waals surface area (Å²) in [6.07, 6.45) is 9.26.